The van der Waals surface area contributed by atoms with E-state index in [0.29, 0.717) is 0 Å². The van der Waals surface area contributed by atoms with Crippen LogP contribution in [0.1, 0.15) is 6.92 Å². The van der Waals surface area contributed by atoms with Crippen LogP contribution in [-0.2, 0) is 4.18 Å². The minimum Gasteiger partial charge on any atom is -0.415 e. The zero-order valence-electron chi connectivity index (χ0n) is 5.10. The minimum atomic E-state index is 0. The van der Waals surface area contributed by atoms with Gasteiger partial charge in [-0.05, 0) is 13.0 Å². The summed E-state index contributed by atoms with van der Waals surface area (Å²) in [6.07, 6.45) is 2.00. The summed E-state index contributed by atoms with van der Waals surface area (Å²) in [6, 6.07) is 0. The van der Waals surface area contributed by atoms with Crippen molar-refractivity contribution < 1.29 is 4.18 Å². The molecule has 1 heterocycles. The Morgan fingerprint density at radius 3 is 2.88 bits per heavy atom. The Labute approximate surface area is 75.7 Å². The van der Waals surface area contributed by atoms with Gasteiger partial charge in [-0.1, -0.05) is 0 Å². The zero-order valence-corrected chi connectivity index (χ0v) is 7.92. The molecule has 1 radical (unpaired) electrons. The fourth-order valence-electron chi connectivity index (χ4n) is 0.349. The van der Waals surface area contributed by atoms with Gasteiger partial charge >= 0.3 is 0 Å². The fraction of sp³-hybridized carbons (Fsp3) is 0.500. The maximum atomic E-state index is 4.94. The molecule has 0 aromatic carbocycles. The average molecular weight is 140 g/mol. The van der Waals surface area contributed by atoms with Gasteiger partial charge in [-0.15, -0.1) is 0 Å². The van der Waals surface area contributed by atoms with Gasteiger partial charge < -0.3 is 4.18 Å². The number of hydrogen-bond acceptors (Lipinski definition) is 3. The first-order valence-electron chi connectivity index (χ1n) is 2.13. The number of rotatable bonds is 0. The van der Waals surface area contributed by atoms with Crippen molar-refractivity contribution in [2.45, 2.75) is 6.92 Å². The van der Waals surface area contributed by atoms with Crippen LogP contribution >= 0.6 is 12.2 Å². The smallest absolute Gasteiger partial charge is 0.143 e. The largest absolute Gasteiger partial charge is 0.415 e. The molecule has 0 bridgehead atoms. The Hall–Kier alpha value is 0.850. The summed E-state index contributed by atoms with van der Waals surface area (Å²) >= 11 is 1.28. The fourth-order valence-corrected chi connectivity index (χ4v) is 0.758. The van der Waals surface area contributed by atoms with Gasteiger partial charge in [0.15, 0.2) is 0 Å². The van der Waals surface area contributed by atoms with Crippen LogP contribution in [0, 0.1) is 0 Å². The van der Waals surface area contributed by atoms with Crippen LogP contribution in [0.25, 0.3) is 0 Å². The molecule has 8 heavy (non-hydrogen) atoms. The normalized spacial score (nSPS) is 17.9. The predicted molar refractivity (Wildman–Crippen MR) is 36.2 cm³/mol. The van der Waals surface area contributed by atoms with Crippen molar-refractivity contribution in [2.75, 3.05) is 6.54 Å². The molecule has 0 atom stereocenters. The molecular weight excluding hydrogens is 133 g/mol. The molecule has 0 saturated carbocycles. The summed E-state index contributed by atoms with van der Waals surface area (Å²) in [6.45, 7) is 2.85. The third-order valence-electron chi connectivity index (χ3n) is 0.705. The van der Waals surface area contributed by atoms with E-state index in [2.05, 4.69) is 4.72 Å². The van der Waals surface area contributed by atoms with E-state index in [1.54, 1.807) is 0 Å². The monoisotopic (exact) mass is 140 g/mol. The summed E-state index contributed by atoms with van der Waals surface area (Å²) in [7, 11) is 0. The summed E-state index contributed by atoms with van der Waals surface area (Å²) in [5, 5.41) is 0. The summed E-state index contributed by atoms with van der Waals surface area (Å²) in [4.78, 5) is 0. The molecule has 0 saturated heterocycles. The van der Waals surface area contributed by atoms with Crippen molar-refractivity contribution in [1.29, 1.82) is 0 Å². The van der Waals surface area contributed by atoms with Crippen molar-refractivity contribution in [3.05, 3.63) is 11.8 Å². The van der Waals surface area contributed by atoms with E-state index in [1.165, 1.54) is 12.2 Å². The quantitative estimate of drug-likeness (QED) is 0.304. The third-order valence-corrected chi connectivity index (χ3v) is 1.34. The van der Waals surface area contributed by atoms with E-state index in [4.69, 9.17) is 4.18 Å². The molecule has 0 aliphatic carbocycles. The van der Waals surface area contributed by atoms with Crippen molar-refractivity contribution >= 4 is 41.8 Å². The molecule has 0 aromatic rings. The maximum absolute atomic E-state index is 4.94. The maximum Gasteiger partial charge on any atom is 0.143 e. The Morgan fingerprint density at radius 2 is 2.62 bits per heavy atom. The van der Waals surface area contributed by atoms with Crippen molar-refractivity contribution in [1.82, 2.24) is 4.72 Å². The molecule has 1 aliphatic heterocycles. The van der Waals surface area contributed by atoms with Gasteiger partial charge in [-0.25, -0.2) is 4.72 Å². The molecule has 1 rings (SSSR count). The Kier molecular flexibility index (Phi) is 5.20. The molecule has 0 amide bonds. The van der Waals surface area contributed by atoms with E-state index in [1.807, 2.05) is 13.0 Å². The molecule has 2 nitrogen and oxygen atoms in total. The van der Waals surface area contributed by atoms with E-state index < -0.39 is 0 Å². The molecule has 4 heteroatoms. The molecule has 0 fully saturated rings. The SMILES string of the molecule is CC1=CCNSO1.[Na]. The van der Waals surface area contributed by atoms with Gasteiger partial charge in [-0.2, -0.15) is 0 Å². The number of nitrogens with one attached hydrogen (secondary N) is 1. The van der Waals surface area contributed by atoms with Crippen LogP contribution in [-0.4, -0.2) is 36.1 Å². The topological polar surface area (TPSA) is 21.3 Å². The van der Waals surface area contributed by atoms with Crippen molar-refractivity contribution in [3.63, 3.8) is 0 Å². The molecule has 41 valence electrons. The molecule has 1 N–H and O–H groups in total. The standard InChI is InChI=1S/C4H7NOS.Na/c1-4-2-3-5-7-6-4;/h2,5H,3H2,1H3;. The van der Waals surface area contributed by atoms with E-state index in [9.17, 15) is 0 Å². The van der Waals surface area contributed by atoms with Crippen LogP contribution in [0.5, 0.6) is 0 Å². The van der Waals surface area contributed by atoms with Gasteiger partial charge in [0.2, 0.25) is 0 Å². The third kappa shape index (κ3) is 2.99. The summed E-state index contributed by atoms with van der Waals surface area (Å²) < 4.78 is 7.88. The average Bonchev–Trinajstić information content (AvgIpc) is 1.69. The van der Waals surface area contributed by atoms with Gasteiger partial charge in [-0.3, -0.25) is 0 Å². The second-order valence-electron chi connectivity index (χ2n) is 1.33. The molecule has 0 unspecified atom stereocenters. The zero-order chi connectivity index (χ0) is 5.11. The molecular formula is C4H7NNaOS. The van der Waals surface area contributed by atoms with Crippen LogP contribution < -0.4 is 4.72 Å². The van der Waals surface area contributed by atoms with Gasteiger partial charge in [0.05, 0.1) is 0 Å². The predicted octanol–water partition coefficient (Wildman–Crippen LogP) is 0.692. The van der Waals surface area contributed by atoms with Gasteiger partial charge in [0, 0.05) is 36.1 Å². The Balaban J connectivity index is 0.000000490. The first-order chi connectivity index (χ1) is 3.39. The van der Waals surface area contributed by atoms with Gasteiger partial charge in [0.25, 0.3) is 0 Å². The number of hydrogen-bond donors (Lipinski definition) is 1. The molecule has 0 spiro atoms. The van der Waals surface area contributed by atoms with Crippen LogP contribution in [0.2, 0.25) is 0 Å². The summed E-state index contributed by atoms with van der Waals surface area (Å²) in [5.74, 6) is 0.990. The van der Waals surface area contributed by atoms with Crippen LogP contribution in [0.3, 0.4) is 0 Å². The summed E-state index contributed by atoms with van der Waals surface area (Å²) in [5.41, 5.74) is 0. The van der Waals surface area contributed by atoms with Crippen LogP contribution in [0.4, 0.5) is 0 Å². The van der Waals surface area contributed by atoms with Crippen LogP contribution in [0.15, 0.2) is 11.8 Å². The first kappa shape index (κ1) is 8.85. The first-order valence-corrected chi connectivity index (χ1v) is 2.87. The second kappa shape index (κ2) is 4.70. The van der Waals surface area contributed by atoms with E-state index in [-0.39, 0.29) is 29.6 Å². The van der Waals surface area contributed by atoms with Gasteiger partial charge in [0.1, 0.15) is 18.0 Å². The van der Waals surface area contributed by atoms with E-state index in [0.717, 1.165) is 12.3 Å². The molecule has 1 aliphatic rings. The molecule has 0 aromatic heterocycles. The second-order valence-corrected chi connectivity index (χ2v) is 1.95. The van der Waals surface area contributed by atoms with Crippen molar-refractivity contribution in [2.24, 2.45) is 0 Å². The Morgan fingerprint density at radius 1 is 1.88 bits per heavy atom. The van der Waals surface area contributed by atoms with E-state index >= 15 is 0 Å². The van der Waals surface area contributed by atoms with Crippen molar-refractivity contribution in [3.8, 4) is 0 Å². The number of allylic oxidation sites excluding steroid dienone is 1. The Bertz CT molecular complexity index is 96.0. The minimum absolute atomic E-state index is 0.